The monoisotopic (exact) mass is 417 g/mol. The Hall–Kier alpha value is -2.77. The highest BCUT2D eigenvalue weighted by Crippen LogP contribution is 2.38. The SMILES string of the molecule is CCN(Cc1ccc(OC)c(OC)c1)C(=O)CN1C(=O)N[C@@]2(CCCC[C@@H]2C)C1=O. The largest absolute Gasteiger partial charge is 0.493 e. The van der Waals surface area contributed by atoms with Crippen molar-refractivity contribution in [1.82, 2.24) is 15.1 Å². The molecule has 2 fully saturated rings. The van der Waals surface area contributed by atoms with Gasteiger partial charge in [0.05, 0.1) is 14.2 Å². The maximum absolute atomic E-state index is 13.1. The van der Waals surface area contributed by atoms with Crippen LogP contribution in [0.3, 0.4) is 0 Å². The van der Waals surface area contributed by atoms with Crippen LogP contribution in [0.25, 0.3) is 0 Å². The average Bonchev–Trinajstić information content (AvgIpc) is 2.98. The van der Waals surface area contributed by atoms with E-state index in [1.807, 2.05) is 26.0 Å². The van der Waals surface area contributed by atoms with Crippen molar-refractivity contribution < 1.29 is 23.9 Å². The van der Waals surface area contributed by atoms with Gasteiger partial charge in [-0.2, -0.15) is 0 Å². The summed E-state index contributed by atoms with van der Waals surface area (Å²) in [5.41, 5.74) is 0.0214. The maximum Gasteiger partial charge on any atom is 0.325 e. The van der Waals surface area contributed by atoms with E-state index in [2.05, 4.69) is 5.32 Å². The third-order valence-corrected chi connectivity index (χ3v) is 6.35. The molecule has 1 spiro atoms. The molecule has 0 radical (unpaired) electrons. The van der Waals surface area contributed by atoms with Gasteiger partial charge in [-0.25, -0.2) is 4.79 Å². The van der Waals surface area contributed by atoms with Gasteiger partial charge in [0.2, 0.25) is 5.91 Å². The normalized spacial score (nSPS) is 23.5. The van der Waals surface area contributed by atoms with Crippen LogP contribution in [0, 0.1) is 5.92 Å². The van der Waals surface area contributed by atoms with E-state index in [4.69, 9.17) is 9.47 Å². The summed E-state index contributed by atoms with van der Waals surface area (Å²) in [7, 11) is 3.13. The quantitative estimate of drug-likeness (QED) is 0.689. The number of imide groups is 1. The van der Waals surface area contributed by atoms with Crippen molar-refractivity contribution in [2.75, 3.05) is 27.3 Å². The summed E-state index contributed by atoms with van der Waals surface area (Å²) < 4.78 is 10.6. The first-order chi connectivity index (χ1) is 14.4. The van der Waals surface area contributed by atoms with E-state index in [0.29, 0.717) is 31.0 Å². The minimum Gasteiger partial charge on any atom is -0.493 e. The highest BCUT2D eigenvalue weighted by atomic mass is 16.5. The van der Waals surface area contributed by atoms with Crippen LogP contribution in [0.1, 0.15) is 45.1 Å². The molecule has 1 heterocycles. The minimum atomic E-state index is -0.851. The smallest absolute Gasteiger partial charge is 0.325 e. The summed E-state index contributed by atoms with van der Waals surface area (Å²) >= 11 is 0. The van der Waals surface area contributed by atoms with Gasteiger partial charge < -0.3 is 19.7 Å². The van der Waals surface area contributed by atoms with Gasteiger partial charge >= 0.3 is 6.03 Å². The number of methoxy groups -OCH3 is 2. The van der Waals surface area contributed by atoms with Crippen molar-refractivity contribution in [3.8, 4) is 11.5 Å². The van der Waals surface area contributed by atoms with Gasteiger partial charge in [-0.3, -0.25) is 14.5 Å². The highest BCUT2D eigenvalue weighted by Gasteiger charge is 2.55. The Morgan fingerprint density at radius 2 is 1.97 bits per heavy atom. The molecule has 0 bridgehead atoms. The number of hydrogen-bond acceptors (Lipinski definition) is 5. The van der Waals surface area contributed by atoms with Crippen molar-refractivity contribution in [2.45, 2.75) is 51.6 Å². The van der Waals surface area contributed by atoms with Gasteiger partial charge in [0, 0.05) is 13.1 Å². The molecule has 1 aliphatic carbocycles. The van der Waals surface area contributed by atoms with Crippen LogP contribution >= 0.6 is 0 Å². The van der Waals surface area contributed by atoms with Crippen molar-refractivity contribution in [3.63, 3.8) is 0 Å². The topological polar surface area (TPSA) is 88.2 Å². The molecule has 1 aromatic rings. The molecular formula is C22H31N3O5. The molecule has 2 aliphatic rings. The van der Waals surface area contributed by atoms with Gasteiger partial charge in [0.1, 0.15) is 12.1 Å². The van der Waals surface area contributed by atoms with Crippen molar-refractivity contribution in [3.05, 3.63) is 23.8 Å². The van der Waals surface area contributed by atoms with E-state index >= 15 is 0 Å². The molecule has 1 aromatic carbocycles. The molecule has 8 nitrogen and oxygen atoms in total. The van der Waals surface area contributed by atoms with Gasteiger partial charge in [-0.15, -0.1) is 0 Å². The summed E-state index contributed by atoms with van der Waals surface area (Å²) in [5, 5.41) is 2.89. The number of nitrogens with zero attached hydrogens (tertiary/aromatic N) is 2. The van der Waals surface area contributed by atoms with E-state index < -0.39 is 11.6 Å². The summed E-state index contributed by atoms with van der Waals surface area (Å²) in [4.78, 5) is 41.3. The molecule has 1 saturated heterocycles. The number of rotatable bonds is 7. The molecule has 2 atom stereocenters. The molecule has 1 N–H and O–H groups in total. The maximum atomic E-state index is 13.1. The van der Waals surface area contributed by atoms with Gasteiger partial charge in [0.15, 0.2) is 11.5 Å². The summed E-state index contributed by atoms with van der Waals surface area (Å²) in [6.07, 6.45) is 3.49. The number of likely N-dealkylation sites (N-methyl/N-ethyl adjacent to an activating group) is 1. The van der Waals surface area contributed by atoms with E-state index in [1.54, 1.807) is 25.2 Å². The molecule has 8 heteroatoms. The lowest BCUT2D eigenvalue weighted by molar-refractivity contribution is -0.140. The Kier molecular flexibility index (Phi) is 6.53. The number of ether oxygens (including phenoxy) is 2. The summed E-state index contributed by atoms with van der Waals surface area (Å²) in [6.45, 7) is 4.42. The average molecular weight is 418 g/mol. The molecular weight excluding hydrogens is 386 g/mol. The first-order valence-electron chi connectivity index (χ1n) is 10.5. The lowest BCUT2D eigenvalue weighted by Gasteiger charge is -2.36. The number of benzene rings is 1. The first kappa shape index (κ1) is 21.9. The standard InChI is InChI=1S/C22H31N3O5/c1-5-24(13-16-9-10-17(29-3)18(12-16)30-4)19(26)14-25-20(27)22(23-21(25)28)11-7-6-8-15(22)2/h9-10,12,15H,5-8,11,13-14H2,1-4H3,(H,23,28)/t15-,22+/m0/s1. The minimum absolute atomic E-state index is 0.0665. The van der Waals surface area contributed by atoms with Gasteiger partial charge in [-0.05, 0) is 43.4 Å². The second-order valence-corrected chi connectivity index (χ2v) is 8.04. The van der Waals surface area contributed by atoms with Gasteiger partial charge in [-0.1, -0.05) is 25.8 Å². The van der Waals surface area contributed by atoms with Crippen LogP contribution in [0.15, 0.2) is 18.2 Å². The fourth-order valence-corrected chi connectivity index (χ4v) is 4.45. The predicted molar refractivity (Wildman–Crippen MR) is 111 cm³/mol. The van der Waals surface area contributed by atoms with E-state index in [1.165, 1.54) is 0 Å². The van der Waals surface area contributed by atoms with E-state index in [0.717, 1.165) is 29.7 Å². The van der Waals surface area contributed by atoms with Crippen LogP contribution in [0.4, 0.5) is 4.79 Å². The lowest BCUT2D eigenvalue weighted by Crippen LogP contribution is -2.54. The second kappa shape index (κ2) is 8.93. The third kappa shape index (κ3) is 3.95. The zero-order valence-corrected chi connectivity index (χ0v) is 18.2. The number of urea groups is 1. The molecule has 0 aromatic heterocycles. The van der Waals surface area contributed by atoms with Gasteiger partial charge in [0.25, 0.3) is 5.91 Å². The molecule has 4 amide bonds. The molecule has 0 unspecified atom stereocenters. The fraction of sp³-hybridized carbons (Fsp3) is 0.591. The molecule has 1 saturated carbocycles. The van der Waals surface area contributed by atoms with Crippen molar-refractivity contribution >= 4 is 17.8 Å². The molecule has 164 valence electrons. The van der Waals surface area contributed by atoms with Crippen LogP contribution in [0.2, 0.25) is 0 Å². The zero-order chi connectivity index (χ0) is 21.9. The fourth-order valence-electron chi connectivity index (χ4n) is 4.45. The third-order valence-electron chi connectivity index (χ3n) is 6.35. The van der Waals surface area contributed by atoms with Crippen LogP contribution < -0.4 is 14.8 Å². The Labute approximate surface area is 177 Å². The number of hydrogen-bond donors (Lipinski definition) is 1. The Morgan fingerprint density at radius 3 is 2.60 bits per heavy atom. The highest BCUT2D eigenvalue weighted by molar-refractivity contribution is 6.09. The number of carbonyl (C=O) groups excluding carboxylic acids is 3. The van der Waals surface area contributed by atoms with E-state index in [-0.39, 0.29) is 24.3 Å². The van der Waals surface area contributed by atoms with Crippen molar-refractivity contribution in [2.24, 2.45) is 5.92 Å². The molecule has 3 rings (SSSR count). The number of carbonyl (C=O) groups is 3. The molecule has 30 heavy (non-hydrogen) atoms. The lowest BCUT2D eigenvalue weighted by atomic mass is 9.73. The van der Waals surface area contributed by atoms with Crippen LogP contribution in [0.5, 0.6) is 11.5 Å². The Balaban J connectivity index is 1.71. The Bertz CT molecular complexity index is 827. The van der Waals surface area contributed by atoms with Crippen molar-refractivity contribution in [1.29, 1.82) is 0 Å². The van der Waals surface area contributed by atoms with E-state index in [9.17, 15) is 14.4 Å². The second-order valence-electron chi connectivity index (χ2n) is 8.04. The predicted octanol–water partition coefficient (Wildman–Crippen LogP) is 2.55. The summed E-state index contributed by atoms with van der Waals surface area (Å²) in [5.74, 6) is 0.728. The van der Waals surface area contributed by atoms with Crippen LogP contribution in [-0.4, -0.2) is 60.5 Å². The zero-order valence-electron chi connectivity index (χ0n) is 18.2. The first-order valence-corrected chi connectivity index (χ1v) is 10.5. The Morgan fingerprint density at radius 1 is 1.23 bits per heavy atom. The number of amides is 4. The number of nitrogens with one attached hydrogen (secondary N) is 1. The molecule has 1 aliphatic heterocycles. The van der Waals surface area contributed by atoms with Crippen LogP contribution in [-0.2, 0) is 16.1 Å². The summed E-state index contributed by atoms with van der Waals surface area (Å²) in [6, 6.07) is 5.01.